The third-order valence-electron chi connectivity index (χ3n) is 5.71. The Morgan fingerprint density at radius 2 is 1.71 bits per heavy atom. The summed E-state index contributed by atoms with van der Waals surface area (Å²) in [5.41, 5.74) is 5.72. The molecule has 28 heavy (non-hydrogen) atoms. The number of imidazole rings is 1. The average molecular weight is 403 g/mol. The first kappa shape index (κ1) is 19.0. The van der Waals surface area contributed by atoms with Crippen LogP contribution in [0.4, 0.5) is 10.5 Å². The van der Waals surface area contributed by atoms with E-state index in [2.05, 4.69) is 21.1 Å². The Hall–Kier alpha value is -2.35. The lowest BCUT2D eigenvalue weighted by atomic mass is 9.99. The number of fused-ring (bicyclic) bond motifs is 2. The van der Waals surface area contributed by atoms with Crippen molar-refractivity contribution < 1.29 is 13.2 Å². The van der Waals surface area contributed by atoms with E-state index in [4.69, 9.17) is 0 Å². The molecule has 150 valence electrons. The van der Waals surface area contributed by atoms with Crippen LogP contribution in [0.2, 0.25) is 0 Å². The molecule has 0 aliphatic heterocycles. The summed E-state index contributed by atoms with van der Waals surface area (Å²) < 4.78 is 29.1. The Morgan fingerprint density at radius 1 is 1.11 bits per heavy atom. The summed E-state index contributed by atoms with van der Waals surface area (Å²) in [5, 5.41) is 2.84. The third-order valence-corrected chi connectivity index (χ3v) is 7.10. The zero-order valence-electron chi connectivity index (χ0n) is 16.5. The topological polar surface area (TPSA) is 93.1 Å². The highest BCUT2D eigenvalue weighted by molar-refractivity contribution is 7.90. The summed E-state index contributed by atoms with van der Waals surface area (Å²) in [6.45, 7) is 3.88. The minimum Gasteiger partial charge on any atom is -0.321 e. The summed E-state index contributed by atoms with van der Waals surface area (Å²) in [6.07, 6.45) is 7.31. The van der Waals surface area contributed by atoms with Crippen LogP contribution in [0, 0.1) is 0 Å². The first-order valence-corrected chi connectivity index (χ1v) is 11.3. The molecule has 0 radical (unpaired) electrons. The molecule has 0 fully saturated rings. The normalized spacial score (nSPS) is 15.6. The van der Waals surface area contributed by atoms with E-state index in [-0.39, 0.29) is 10.9 Å². The van der Waals surface area contributed by atoms with Crippen LogP contribution in [0.5, 0.6) is 0 Å². The molecule has 2 aliphatic rings. The molecule has 0 unspecified atom stereocenters. The number of benzene rings is 1. The van der Waals surface area contributed by atoms with Crippen LogP contribution in [0.15, 0.2) is 17.3 Å². The molecular weight excluding hydrogens is 376 g/mol. The summed E-state index contributed by atoms with van der Waals surface area (Å²) in [5.74, 6) is 0.733. The number of amides is 2. The second-order valence-corrected chi connectivity index (χ2v) is 9.59. The lowest BCUT2D eigenvalue weighted by Gasteiger charge is -2.16. The second-order valence-electron chi connectivity index (χ2n) is 7.96. The maximum absolute atomic E-state index is 12.7. The van der Waals surface area contributed by atoms with E-state index < -0.39 is 16.1 Å². The van der Waals surface area contributed by atoms with Crippen LogP contribution in [0.25, 0.3) is 0 Å². The average Bonchev–Trinajstić information content (AvgIpc) is 3.32. The van der Waals surface area contributed by atoms with Gasteiger partial charge in [0.2, 0.25) is 0 Å². The molecule has 1 aromatic carbocycles. The van der Waals surface area contributed by atoms with Crippen LogP contribution < -0.4 is 10.0 Å². The van der Waals surface area contributed by atoms with Crippen molar-refractivity contribution in [1.82, 2.24) is 14.3 Å². The van der Waals surface area contributed by atoms with Gasteiger partial charge in [-0.3, -0.25) is 0 Å². The van der Waals surface area contributed by atoms with E-state index in [1.165, 1.54) is 21.9 Å². The molecular formula is C20H26N4O3S. The predicted octanol–water partition coefficient (Wildman–Crippen LogP) is 3.03. The van der Waals surface area contributed by atoms with Crippen molar-refractivity contribution in [2.45, 2.75) is 63.3 Å². The predicted molar refractivity (Wildman–Crippen MR) is 107 cm³/mol. The van der Waals surface area contributed by atoms with E-state index in [1.54, 1.807) is 7.05 Å². The van der Waals surface area contributed by atoms with E-state index in [0.717, 1.165) is 55.3 Å². The second kappa shape index (κ2) is 6.92. The van der Waals surface area contributed by atoms with Crippen molar-refractivity contribution in [2.75, 3.05) is 5.32 Å². The van der Waals surface area contributed by atoms with Gasteiger partial charge in [0.1, 0.15) is 5.82 Å². The van der Waals surface area contributed by atoms with Gasteiger partial charge >= 0.3 is 6.03 Å². The van der Waals surface area contributed by atoms with Crippen LogP contribution in [-0.4, -0.2) is 24.0 Å². The van der Waals surface area contributed by atoms with E-state index in [1.807, 2.05) is 13.8 Å². The minimum absolute atomic E-state index is 0.0186. The number of aromatic nitrogens is 2. The van der Waals surface area contributed by atoms with Crippen LogP contribution in [0.3, 0.4) is 0 Å². The van der Waals surface area contributed by atoms with Crippen LogP contribution in [-0.2, 0) is 42.8 Å². The van der Waals surface area contributed by atoms with Crippen molar-refractivity contribution in [2.24, 2.45) is 7.05 Å². The monoisotopic (exact) mass is 402 g/mol. The molecule has 4 rings (SSSR count). The van der Waals surface area contributed by atoms with Crippen molar-refractivity contribution in [3.8, 4) is 0 Å². The van der Waals surface area contributed by atoms with Gasteiger partial charge in [0.05, 0.1) is 6.20 Å². The molecule has 0 spiro atoms. The third kappa shape index (κ3) is 3.19. The molecule has 2 amide bonds. The Morgan fingerprint density at radius 3 is 2.25 bits per heavy atom. The molecule has 8 heteroatoms. The number of nitrogens with one attached hydrogen (secondary N) is 2. The molecule has 0 saturated heterocycles. The lowest BCUT2D eigenvalue weighted by molar-refractivity contribution is 0.256. The fourth-order valence-electron chi connectivity index (χ4n) is 4.47. The molecule has 2 N–H and O–H groups in total. The number of anilines is 1. The molecule has 0 bridgehead atoms. The van der Waals surface area contributed by atoms with Gasteiger partial charge in [-0.25, -0.2) is 14.5 Å². The number of carbonyl (C=O) groups is 1. The van der Waals surface area contributed by atoms with Gasteiger partial charge in [0.15, 0.2) is 5.03 Å². The summed E-state index contributed by atoms with van der Waals surface area (Å²) >= 11 is 0. The van der Waals surface area contributed by atoms with E-state index >= 15 is 0 Å². The number of hydrogen-bond acceptors (Lipinski definition) is 4. The molecule has 1 heterocycles. The maximum Gasteiger partial charge on any atom is 0.333 e. The lowest BCUT2D eigenvalue weighted by Crippen LogP contribution is -2.36. The van der Waals surface area contributed by atoms with Gasteiger partial charge in [0.25, 0.3) is 10.0 Å². The largest absolute Gasteiger partial charge is 0.333 e. The zero-order chi connectivity index (χ0) is 20.1. The highest BCUT2D eigenvalue weighted by Crippen LogP contribution is 2.38. The number of urea groups is 1. The quantitative estimate of drug-likeness (QED) is 0.822. The Kier molecular flexibility index (Phi) is 4.69. The van der Waals surface area contributed by atoms with Crippen LogP contribution >= 0.6 is 0 Å². The fraction of sp³-hybridized carbons (Fsp3) is 0.500. The Bertz CT molecular complexity index is 1020. The minimum atomic E-state index is -4.01. The van der Waals surface area contributed by atoms with E-state index in [0.29, 0.717) is 5.82 Å². The van der Waals surface area contributed by atoms with Gasteiger partial charge in [0, 0.05) is 18.7 Å². The van der Waals surface area contributed by atoms with Gasteiger partial charge in [-0.15, -0.1) is 0 Å². The maximum atomic E-state index is 12.7. The van der Waals surface area contributed by atoms with E-state index in [9.17, 15) is 13.2 Å². The first-order valence-electron chi connectivity index (χ1n) is 9.80. The molecule has 0 atom stereocenters. The molecule has 0 saturated carbocycles. The van der Waals surface area contributed by atoms with Gasteiger partial charge in [-0.05, 0) is 60.8 Å². The number of nitrogens with zero attached hydrogens (tertiary/aromatic N) is 2. The molecule has 7 nitrogen and oxygen atoms in total. The highest BCUT2D eigenvalue weighted by Gasteiger charge is 2.28. The number of carbonyl (C=O) groups excluding carboxylic acids is 1. The first-order chi connectivity index (χ1) is 13.3. The summed E-state index contributed by atoms with van der Waals surface area (Å²) in [6, 6.07) is 1.55. The van der Waals surface area contributed by atoms with Crippen molar-refractivity contribution in [3.05, 3.63) is 40.3 Å². The van der Waals surface area contributed by atoms with Crippen molar-refractivity contribution in [1.29, 1.82) is 0 Å². The van der Waals surface area contributed by atoms with Gasteiger partial charge in [-0.1, -0.05) is 19.9 Å². The van der Waals surface area contributed by atoms with Crippen molar-refractivity contribution >= 4 is 21.7 Å². The summed E-state index contributed by atoms with van der Waals surface area (Å²) in [4.78, 5) is 16.8. The standard InChI is InChI=1S/C20H26N4O3S/c1-12(2)19-21-11-17(24(19)3)28(26,27)23-20(25)22-18-15-8-4-6-13(15)10-14-7-5-9-16(14)18/h10-12H,4-9H2,1-3H3,(H2,22,23,25). The Balaban J connectivity index is 1.59. The zero-order valence-corrected chi connectivity index (χ0v) is 17.3. The SMILES string of the molecule is CC(C)c1ncc(S(=O)(=O)NC(=O)Nc2c3c(cc4c2CCC4)CCC3)n1C. The van der Waals surface area contributed by atoms with Gasteiger partial charge in [-0.2, -0.15) is 8.42 Å². The molecule has 2 aliphatic carbocycles. The van der Waals surface area contributed by atoms with Crippen molar-refractivity contribution in [3.63, 3.8) is 0 Å². The molecule has 2 aromatic rings. The van der Waals surface area contributed by atoms with Gasteiger partial charge < -0.3 is 9.88 Å². The summed E-state index contributed by atoms with van der Waals surface area (Å²) in [7, 11) is -2.37. The smallest absolute Gasteiger partial charge is 0.321 e. The Labute approximate surface area is 165 Å². The number of rotatable bonds is 4. The highest BCUT2D eigenvalue weighted by atomic mass is 32.2. The number of aryl methyl sites for hydroxylation is 2. The number of sulfonamides is 1. The fourth-order valence-corrected chi connectivity index (χ4v) is 5.52. The molecule has 1 aromatic heterocycles. The number of hydrogen-bond donors (Lipinski definition) is 2. The van der Waals surface area contributed by atoms with Crippen LogP contribution in [0.1, 0.15) is 60.7 Å².